The van der Waals surface area contributed by atoms with Crippen molar-refractivity contribution in [2.75, 3.05) is 31.9 Å². The van der Waals surface area contributed by atoms with Gasteiger partial charge in [0, 0.05) is 37.2 Å². The molecule has 114 valence electrons. The largest absolute Gasteiger partial charge is 0.481 e. The predicted molar refractivity (Wildman–Crippen MR) is 80.1 cm³/mol. The number of hydrogen-bond acceptors (Lipinski definition) is 3. The smallest absolute Gasteiger partial charge is 0.320 e. The van der Waals surface area contributed by atoms with Gasteiger partial charge in [-0.25, -0.2) is 4.79 Å². The van der Waals surface area contributed by atoms with Crippen LogP contribution >= 0.6 is 11.8 Å². The highest BCUT2D eigenvalue weighted by Crippen LogP contribution is 2.35. The molecule has 2 fully saturated rings. The minimum absolute atomic E-state index is 0.0281. The molecular formula is C14H24N2O3S. The summed E-state index contributed by atoms with van der Waals surface area (Å²) in [5.41, 5.74) is -0.732. The van der Waals surface area contributed by atoms with Gasteiger partial charge >= 0.3 is 12.0 Å². The topological polar surface area (TPSA) is 60.9 Å². The van der Waals surface area contributed by atoms with Gasteiger partial charge in [-0.15, -0.1) is 0 Å². The number of likely N-dealkylation sites (tertiary alicyclic amines) is 1. The molecule has 2 unspecified atom stereocenters. The van der Waals surface area contributed by atoms with E-state index < -0.39 is 11.4 Å². The van der Waals surface area contributed by atoms with Gasteiger partial charge in [-0.3, -0.25) is 4.79 Å². The molecule has 0 aromatic rings. The van der Waals surface area contributed by atoms with Crippen LogP contribution in [0.25, 0.3) is 0 Å². The lowest BCUT2D eigenvalue weighted by Crippen LogP contribution is -2.49. The highest BCUT2D eigenvalue weighted by molar-refractivity contribution is 8.00. The molecule has 0 aromatic heterocycles. The van der Waals surface area contributed by atoms with E-state index in [1.165, 1.54) is 0 Å². The van der Waals surface area contributed by atoms with E-state index >= 15 is 0 Å². The van der Waals surface area contributed by atoms with Gasteiger partial charge in [-0.2, -0.15) is 11.8 Å². The van der Waals surface area contributed by atoms with Gasteiger partial charge in [0.25, 0.3) is 0 Å². The summed E-state index contributed by atoms with van der Waals surface area (Å²) < 4.78 is 0. The van der Waals surface area contributed by atoms with Crippen molar-refractivity contribution in [3.63, 3.8) is 0 Å². The third-order valence-corrected chi connectivity index (χ3v) is 5.99. The number of carbonyl (C=O) groups excluding carboxylic acids is 1. The molecule has 2 aliphatic rings. The first kappa shape index (κ1) is 15.5. The summed E-state index contributed by atoms with van der Waals surface area (Å²) in [6.07, 6.45) is 2.23. The van der Waals surface area contributed by atoms with E-state index in [4.69, 9.17) is 0 Å². The second-order valence-electron chi connectivity index (χ2n) is 5.74. The standard InChI is InChI=1S/C14H24N2O3S/c1-3-11-9-15(7-8-20-11)13(19)16-6-5-14(4-2,10-16)12(17)18/h11H,3-10H2,1-2H3,(H,17,18). The minimum Gasteiger partial charge on any atom is -0.481 e. The molecule has 1 N–H and O–H groups in total. The average molecular weight is 300 g/mol. The first-order chi connectivity index (χ1) is 9.52. The zero-order valence-electron chi connectivity index (χ0n) is 12.3. The van der Waals surface area contributed by atoms with Gasteiger partial charge < -0.3 is 14.9 Å². The molecule has 2 rings (SSSR count). The Bertz CT molecular complexity index is 391. The molecular weight excluding hydrogens is 276 g/mol. The Morgan fingerprint density at radius 3 is 2.60 bits per heavy atom. The normalized spacial score (nSPS) is 30.6. The van der Waals surface area contributed by atoms with Crippen molar-refractivity contribution in [3.05, 3.63) is 0 Å². The van der Waals surface area contributed by atoms with Gasteiger partial charge in [0.2, 0.25) is 0 Å². The van der Waals surface area contributed by atoms with Crippen molar-refractivity contribution in [1.29, 1.82) is 0 Å². The molecule has 2 amide bonds. The fourth-order valence-electron chi connectivity index (χ4n) is 2.99. The third-order valence-electron chi connectivity index (χ3n) is 4.62. The molecule has 0 spiro atoms. The highest BCUT2D eigenvalue weighted by atomic mass is 32.2. The number of hydrogen-bond donors (Lipinski definition) is 1. The Balaban J connectivity index is 1.99. The van der Waals surface area contributed by atoms with Gasteiger partial charge in [-0.1, -0.05) is 13.8 Å². The van der Waals surface area contributed by atoms with Crippen LogP contribution in [0.3, 0.4) is 0 Å². The fourth-order valence-corrected chi connectivity index (χ4v) is 4.17. The Kier molecular flexibility index (Phi) is 4.83. The van der Waals surface area contributed by atoms with E-state index in [2.05, 4.69) is 6.92 Å². The quantitative estimate of drug-likeness (QED) is 0.867. The van der Waals surface area contributed by atoms with Crippen LogP contribution in [0.4, 0.5) is 4.79 Å². The number of aliphatic carboxylic acids is 1. The number of amides is 2. The lowest BCUT2D eigenvalue weighted by Gasteiger charge is -2.35. The number of carbonyl (C=O) groups is 2. The molecule has 5 nitrogen and oxygen atoms in total. The monoisotopic (exact) mass is 300 g/mol. The second-order valence-corrected chi connectivity index (χ2v) is 7.15. The number of nitrogens with zero attached hydrogens (tertiary/aromatic N) is 2. The summed E-state index contributed by atoms with van der Waals surface area (Å²) in [6.45, 7) is 6.55. The van der Waals surface area contributed by atoms with E-state index in [0.29, 0.717) is 31.2 Å². The zero-order valence-corrected chi connectivity index (χ0v) is 13.1. The van der Waals surface area contributed by atoms with Crippen LogP contribution in [-0.4, -0.2) is 64.1 Å². The molecule has 20 heavy (non-hydrogen) atoms. The maximum Gasteiger partial charge on any atom is 0.320 e. The summed E-state index contributed by atoms with van der Waals surface area (Å²) in [5, 5.41) is 9.92. The number of carboxylic acids is 1. The maximum atomic E-state index is 12.5. The van der Waals surface area contributed by atoms with Crippen LogP contribution in [0.1, 0.15) is 33.1 Å². The van der Waals surface area contributed by atoms with E-state index in [1.54, 1.807) is 4.90 Å². The van der Waals surface area contributed by atoms with Crippen molar-refractivity contribution >= 4 is 23.8 Å². The predicted octanol–water partition coefficient (Wildman–Crippen LogP) is 2.12. The minimum atomic E-state index is -0.768. The Hall–Kier alpha value is -0.910. The van der Waals surface area contributed by atoms with E-state index in [1.807, 2.05) is 23.6 Å². The molecule has 0 aliphatic carbocycles. The molecule has 2 atom stereocenters. The molecule has 2 aliphatic heterocycles. The molecule has 0 radical (unpaired) electrons. The van der Waals surface area contributed by atoms with Gasteiger partial charge in [0.1, 0.15) is 0 Å². The Labute approximate surface area is 124 Å². The van der Waals surface area contributed by atoms with Crippen LogP contribution in [0.2, 0.25) is 0 Å². The number of urea groups is 1. The third kappa shape index (κ3) is 2.90. The Morgan fingerprint density at radius 2 is 2.05 bits per heavy atom. The summed E-state index contributed by atoms with van der Waals surface area (Å²) in [5.74, 6) is 0.214. The van der Waals surface area contributed by atoms with E-state index in [-0.39, 0.29) is 6.03 Å². The molecule has 0 saturated carbocycles. The summed E-state index contributed by atoms with van der Waals surface area (Å²) >= 11 is 1.93. The SMILES string of the molecule is CCC1CN(C(=O)N2CCC(CC)(C(=O)O)C2)CCS1. The van der Waals surface area contributed by atoms with Crippen LogP contribution in [0.5, 0.6) is 0 Å². The average Bonchev–Trinajstić information content (AvgIpc) is 2.92. The number of carboxylic acid groups (broad SMARTS) is 1. The first-order valence-electron chi connectivity index (χ1n) is 7.41. The fraction of sp³-hybridized carbons (Fsp3) is 0.857. The van der Waals surface area contributed by atoms with Gasteiger partial charge in [0.05, 0.1) is 5.41 Å². The van der Waals surface area contributed by atoms with Gasteiger partial charge in [0.15, 0.2) is 0 Å². The maximum absolute atomic E-state index is 12.5. The van der Waals surface area contributed by atoms with Crippen LogP contribution in [0.15, 0.2) is 0 Å². The summed E-state index contributed by atoms with van der Waals surface area (Å²) in [7, 11) is 0. The van der Waals surface area contributed by atoms with Crippen LogP contribution in [0, 0.1) is 5.41 Å². The molecule has 6 heteroatoms. The summed E-state index contributed by atoms with van der Waals surface area (Å²) in [4.78, 5) is 27.6. The zero-order chi connectivity index (χ0) is 14.8. The lowest BCUT2D eigenvalue weighted by molar-refractivity contribution is -0.148. The van der Waals surface area contributed by atoms with Crippen molar-refractivity contribution in [3.8, 4) is 0 Å². The molecule has 0 bridgehead atoms. The molecule has 2 saturated heterocycles. The lowest BCUT2D eigenvalue weighted by atomic mass is 9.84. The van der Waals surface area contributed by atoms with Crippen molar-refractivity contribution < 1.29 is 14.7 Å². The van der Waals surface area contributed by atoms with E-state index in [0.717, 1.165) is 25.3 Å². The Morgan fingerprint density at radius 1 is 1.30 bits per heavy atom. The van der Waals surface area contributed by atoms with Gasteiger partial charge in [-0.05, 0) is 19.3 Å². The first-order valence-corrected chi connectivity index (χ1v) is 8.46. The highest BCUT2D eigenvalue weighted by Gasteiger charge is 2.45. The van der Waals surface area contributed by atoms with Crippen molar-refractivity contribution in [2.24, 2.45) is 5.41 Å². The van der Waals surface area contributed by atoms with Crippen molar-refractivity contribution in [1.82, 2.24) is 9.80 Å². The number of thioether (sulfide) groups is 1. The van der Waals surface area contributed by atoms with E-state index in [9.17, 15) is 14.7 Å². The van der Waals surface area contributed by atoms with Crippen LogP contribution in [-0.2, 0) is 4.79 Å². The van der Waals surface area contributed by atoms with Crippen molar-refractivity contribution in [2.45, 2.75) is 38.4 Å². The van der Waals surface area contributed by atoms with Crippen LogP contribution < -0.4 is 0 Å². The molecule has 2 heterocycles. The number of rotatable bonds is 3. The second kappa shape index (κ2) is 6.24. The molecule has 0 aromatic carbocycles. The summed E-state index contributed by atoms with van der Waals surface area (Å²) in [6, 6.07) is 0.0281.